The number of halogens is 1. The SMILES string of the molecule is CCC(CC1CC1)NS(=O)(=O)c1ccc(F)c(C#N)c1. The molecule has 108 valence electrons. The summed E-state index contributed by atoms with van der Waals surface area (Å²) in [4.78, 5) is -0.0651. The largest absolute Gasteiger partial charge is 0.240 e. The van der Waals surface area contributed by atoms with E-state index in [2.05, 4.69) is 4.72 Å². The Morgan fingerprint density at radius 2 is 2.20 bits per heavy atom. The summed E-state index contributed by atoms with van der Waals surface area (Å²) in [5.74, 6) is -0.0954. The van der Waals surface area contributed by atoms with Crippen molar-refractivity contribution in [3.63, 3.8) is 0 Å². The number of nitriles is 1. The van der Waals surface area contributed by atoms with Crippen molar-refractivity contribution in [1.82, 2.24) is 4.72 Å². The molecule has 0 radical (unpaired) electrons. The fourth-order valence-electron chi connectivity index (χ4n) is 2.10. The lowest BCUT2D eigenvalue weighted by Crippen LogP contribution is -2.34. The molecule has 1 saturated carbocycles. The third-order valence-electron chi connectivity index (χ3n) is 3.50. The molecule has 0 bridgehead atoms. The lowest BCUT2D eigenvalue weighted by Gasteiger charge is -2.16. The summed E-state index contributed by atoms with van der Waals surface area (Å²) < 4.78 is 40.4. The summed E-state index contributed by atoms with van der Waals surface area (Å²) in [5, 5.41) is 8.76. The number of hydrogen-bond acceptors (Lipinski definition) is 3. The van der Waals surface area contributed by atoms with Crippen molar-refractivity contribution in [3.05, 3.63) is 29.6 Å². The minimum absolute atomic E-state index is 0.0651. The molecule has 1 unspecified atom stereocenters. The number of sulfonamides is 1. The van der Waals surface area contributed by atoms with Crippen molar-refractivity contribution in [1.29, 1.82) is 5.26 Å². The predicted molar refractivity (Wildman–Crippen MR) is 72.9 cm³/mol. The van der Waals surface area contributed by atoms with Crippen LogP contribution in [-0.4, -0.2) is 14.5 Å². The lowest BCUT2D eigenvalue weighted by molar-refractivity contribution is 0.495. The van der Waals surface area contributed by atoms with Crippen LogP contribution in [0.1, 0.15) is 38.2 Å². The van der Waals surface area contributed by atoms with E-state index in [1.165, 1.54) is 6.07 Å². The van der Waals surface area contributed by atoms with Crippen LogP contribution >= 0.6 is 0 Å². The van der Waals surface area contributed by atoms with Gasteiger partial charge in [0.05, 0.1) is 10.5 Å². The van der Waals surface area contributed by atoms with E-state index in [0.29, 0.717) is 12.3 Å². The second kappa shape index (κ2) is 5.90. The van der Waals surface area contributed by atoms with E-state index < -0.39 is 15.8 Å². The molecule has 1 N–H and O–H groups in total. The summed E-state index contributed by atoms with van der Waals surface area (Å²) in [6, 6.07) is 4.80. The van der Waals surface area contributed by atoms with E-state index in [-0.39, 0.29) is 16.5 Å². The van der Waals surface area contributed by atoms with Gasteiger partial charge in [0.25, 0.3) is 0 Å². The fourth-order valence-corrected chi connectivity index (χ4v) is 3.46. The standard InChI is InChI=1S/C14H17FN2O2S/c1-2-12(7-10-3-4-10)17-20(18,19)13-5-6-14(15)11(8-13)9-16/h5-6,8,10,12,17H,2-4,7H2,1H3. The smallest absolute Gasteiger partial charge is 0.208 e. The second-order valence-electron chi connectivity index (χ2n) is 5.16. The van der Waals surface area contributed by atoms with Crippen LogP contribution in [-0.2, 0) is 10.0 Å². The van der Waals surface area contributed by atoms with Gasteiger partial charge in [0.2, 0.25) is 10.0 Å². The van der Waals surface area contributed by atoms with Gasteiger partial charge < -0.3 is 0 Å². The van der Waals surface area contributed by atoms with E-state index in [9.17, 15) is 12.8 Å². The molecule has 1 aliphatic carbocycles. The molecule has 0 saturated heterocycles. The highest BCUT2D eigenvalue weighted by molar-refractivity contribution is 7.89. The zero-order valence-corrected chi connectivity index (χ0v) is 12.1. The highest BCUT2D eigenvalue weighted by Crippen LogP contribution is 2.34. The summed E-state index contributed by atoms with van der Waals surface area (Å²) in [7, 11) is -3.71. The summed E-state index contributed by atoms with van der Waals surface area (Å²) in [6.07, 6.45) is 3.87. The molecule has 20 heavy (non-hydrogen) atoms. The van der Waals surface area contributed by atoms with Crippen LogP contribution < -0.4 is 4.72 Å². The van der Waals surface area contributed by atoms with Crippen molar-refractivity contribution in [2.75, 3.05) is 0 Å². The van der Waals surface area contributed by atoms with Crippen LogP contribution in [0, 0.1) is 23.1 Å². The number of nitrogens with zero attached hydrogens (tertiary/aromatic N) is 1. The predicted octanol–water partition coefficient (Wildman–Crippen LogP) is 2.55. The highest BCUT2D eigenvalue weighted by atomic mass is 32.2. The molecule has 1 aromatic rings. The van der Waals surface area contributed by atoms with Gasteiger partial charge in [0.15, 0.2) is 0 Å². The first-order chi connectivity index (χ1) is 9.46. The second-order valence-corrected chi connectivity index (χ2v) is 6.87. The molecule has 0 aliphatic heterocycles. The maximum absolute atomic E-state index is 13.2. The van der Waals surface area contributed by atoms with Crippen LogP contribution in [0.3, 0.4) is 0 Å². The Bertz CT molecular complexity index is 633. The van der Waals surface area contributed by atoms with Crippen LogP contribution in [0.5, 0.6) is 0 Å². The molecule has 2 rings (SSSR count). The van der Waals surface area contributed by atoms with Crippen LogP contribution in [0.2, 0.25) is 0 Å². The van der Waals surface area contributed by atoms with Gasteiger partial charge in [-0.25, -0.2) is 17.5 Å². The van der Waals surface area contributed by atoms with Gasteiger partial charge in [-0.05, 0) is 37.0 Å². The van der Waals surface area contributed by atoms with E-state index in [0.717, 1.165) is 31.4 Å². The highest BCUT2D eigenvalue weighted by Gasteiger charge is 2.27. The fraction of sp³-hybridized carbons (Fsp3) is 0.500. The minimum atomic E-state index is -3.71. The van der Waals surface area contributed by atoms with Gasteiger partial charge in [-0.3, -0.25) is 0 Å². The molecular weight excluding hydrogens is 279 g/mol. The monoisotopic (exact) mass is 296 g/mol. The Hall–Kier alpha value is -1.45. The van der Waals surface area contributed by atoms with Crippen molar-refractivity contribution in [2.24, 2.45) is 5.92 Å². The first-order valence-electron chi connectivity index (χ1n) is 6.68. The van der Waals surface area contributed by atoms with Crippen LogP contribution in [0.15, 0.2) is 23.1 Å². The molecule has 1 aromatic carbocycles. The topological polar surface area (TPSA) is 70.0 Å². The molecular formula is C14H17FN2O2S. The molecule has 1 atom stereocenters. The van der Waals surface area contributed by atoms with Gasteiger partial charge in [0, 0.05) is 6.04 Å². The number of hydrogen-bond donors (Lipinski definition) is 1. The van der Waals surface area contributed by atoms with Gasteiger partial charge in [-0.1, -0.05) is 19.8 Å². The Labute approximate surface area is 118 Å². The number of nitrogens with one attached hydrogen (secondary N) is 1. The van der Waals surface area contributed by atoms with Gasteiger partial charge in [0.1, 0.15) is 11.9 Å². The van der Waals surface area contributed by atoms with Crippen LogP contribution in [0.25, 0.3) is 0 Å². The Kier molecular flexibility index (Phi) is 4.41. The molecule has 0 heterocycles. The normalized spacial score (nSPS) is 16.6. The molecule has 0 aromatic heterocycles. The third kappa shape index (κ3) is 3.56. The van der Waals surface area contributed by atoms with Gasteiger partial charge in [-0.2, -0.15) is 5.26 Å². The summed E-state index contributed by atoms with van der Waals surface area (Å²) in [5.41, 5.74) is -0.261. The average Bonchev–Trinajstić information content (AvgIpc) is 3.22. The quantitative estimate of drug-likeness (QED) is 0.877. The Morgan fingerprint density at radius 1 is 1.50 bits per heavy atom. The zero-order valence-electron chi connectivity index (χ0n) is 11.3. The van der Waals surface area contributed by atoms with Crippen molar-refractivity contribution in [2.45, 2.75) is 43.5 Å². The average molecular weight is 296 g/mol. The molecule has 4 nitrogen and oxygen atoms in total. The Balaban J connectivity index is 2.18. The number of rotatable bonds is 6. The molecule has 0 amide bonds. The molecule has 1 fully saturated rings. The van der Waals surface area contributed by atoms with Crippen molar-refractivity contribution < 1.29 is 12.8 Å². The molecule has 0 spiro atoms. The van der Waals surface area contributed by atoms with Gasteiger partial charge >= 0.3 is 0 Å². The first-order valence-corrected chi connectivity index (χ1v) is 8.16. The van der Waals surface area contributed by atoms with E-state index in [4.69, 9.17) is 5.26 Å². The third-order valence-corrected chi connectivity index (χ3v) is 5.02. The van der Waals surface area contributed by atoms with Crippen LogP contribution in [0.4, 0.5) is 4.39 Å². The zero-order chi connectivity index (χ0) is 14.8. The molecule has 1 aliphatic rings. The summed E-state index contributed by atoms with van der Waals surface area (Å²) >= 11 is 0. The maximum atomic E-state index is 13.2. The van der Waals surface area contributed by atoms with Crippen molar-refractivity contribution in [3.8, 4) is 6.07 Å². The van der Waals surface area contributed by atoms with Crippen molar-refractivity contribution >= 4 is 10.0 Å². The number of benzene rings is 1. The van der Waals surface area contributed by atoms with E-state index in [1.54, 1.807) is 6.07 Å². The minimum Gasteiger partial charge on any atom is -0.208 e. The van der Waals surface area contributed by atoms with Gasteiger partial charge in [-0.15, -0.1) is 0 Å². The summed E-state index contributed by atoms with van der Waals surface area (Å²) in [6.45, 7) is 1.93. The molecule has 6 heteroatoms. The maximum Gasteiger partial charge on any atom is 0.240 e. The first kappa shape index (κ1) is 14.9. The van der Waals surface area contributed by atoms with E-state index >= 15 is 0 Å². The Morgan fingerprint density at radius 3 is 2.75 bits per heavy atom. The van der Waals surface area contributed by atoms with E-state index in [1.807, 2.05) is 6.92 Å². The lowest BCUT2D eigenvalue weighted by atomic mass is 10.1.